The molecule has 1 amide bonds. The Labute approximate surface area is 482 Å². The van der Waals surface area contributed by atoms with Gasteiger partial charge in [0.2, 0.25) is 5.91 Å². The van der Waals surface area contributed by atoms with Gasteiger partial charge in [-0.3, -0.25) is 9.59 Å². The van der Waals surface area contributed by atoms with Crippen LogP contribution in [0.2, 0.25) is 0 Å². The number of amides is 1. The lowest BCUT2D eigenvalue weighted by Crippen LogP contribution is -2.45. The van der Waals surface area contributed by atoms with E-state index >= 15 is 0 Å². The minimum Gasteiger partial charge on any atom is -0.466 e. The van der Waals surface area contributed by atoms with Gasteiger partial charge in [0.15, 0.2) is 0 Å². The minimum atomic E-state index is -0.659. The lowest BCUT2D eigenvalue weighted by molar-refractivity contribution is -0.143. The summed E-state index contributed by atoms with van der Waals surface area (Å²) in [6.07, 6.45) is 82.8. The van der Waals surface area contributed by atoms with E-state index in [2.05, 4.69) is 31.3 Å². The van der Waals surface area contributed by atoms with Crippen molar-refractivity contribution in [1.82, 2.24) is 5.32 Å². The van der Waals surface area contributed by atoms with E-state index < -0.39 is 12.1 Å². The number of aliphatic hydroxyl groups excluding tert-OH is 2. The SMILES string of the molecule is CCCCCCC/C=C\CCCCCCCC(=O)OCCCCCCCCCCCCCCCCCCCCCCCCCCCCCCCCCCCC(=O)NC(CO)C(O)CCCCCCCCCCCCCCC. The molecule has 0 aromatic rings. The van der Waals surface area contributed by atoms with Crippen LogP contribution < -0.4 is 5.32 Å². The van der Waals surface area contributed by atoms with Crippen molar-refractivity contribution in [1.29, 1.82) is 0 Å². The summed E-state index contributed by atoms with van der Waals surface area (Å²) < 4.78 is 5.49. The lowest BCUT2D eigenvalue weighted by Gasteiger charge is -2.22. The van der Waals surface area contributed by atoms with Crippen molar-refractivity contribution in [3.05, 3.63) is 12.2 Å². The predicted octanol–water partition coefficient (Wildman–Crippen LogP) is 22.8. The van der Waals surface area contributed by atoms with Gasteiger partial charge in [-0.25, -0.2) is 0 Å². The maximum absolute atomic E-state index is 12.5. The Morgan fingerprint density at radius 1 is 0.351 bits per heavy atom. The number of carbonyl (C=O) groups is 2. The molecule has 6 heteroatoms. The molecule has 0 aromatic heterocycles. The van der Waals surface area contributed by atoms with E-state index in [9.17, 15) is 19.8 Å². The third-order valence-corrected chi connectivity index (χ3v) is 16.8. The zero-order chi connectivity index (χ0) is 55.7. The van der Waals surface area contributed by atoms with Crippen molar-refractivity contribution in [3.63, 3.8) is 0 Å². The second-order valence-electron chi connectivity index (χ2n) is 24.6. The van der Waals surface area contributed by atoms with E-state index in [1.165, 1.54) is 327 Å². The maximum atomic E-state index is 12.5. The Morgan fingerprint density at radius 2 is 0.610 bits per heavy atom. The van der Waals surface area contributed by atoms with Gasteiger partial charge < -0.3 is 20.3 Å². The summed E-state index contributed by atoms with van der Waals surface area (Å²) >= 11 is 0. The van der Waals surface area contributed by atoms with Crippen LogP contribution in [0.1, 0.15) is 406 Å². The zero-order valence-electron chi connectivity index (χ0n) is 52.5. The molecule has 0 aliphatic heterocycles. The summed E-state index contributed by atoms with van der Waals surface area (Å²) in [5.74, 6) is -0.0138. The number of unbranched alkanes of at least 4 members (excludes halogenated alkanes) is 54. The molecule has 458 valence electrons. The van der Waals surface area contributed by atoms with Crippen LogP contribution >= 0.6 is 0 Å². The summed E-state index contributed by atoms with van der Waals surface area (Å²) in [5.41, 5.74) is 0. The largest absolute Gasteiger partial charge is 0.466 e. The van der Waals surface area contributed by atoms with E-state index in [-0.39, 0.29) is 18.5 Å². The highest BCUT2D eigenvalue weighted by Gasteiger charge is 2.20. The van der Waals surface area contributed by atoms with Crippen molar-refractivity contribution in [2.24, 2.45) is 0 Å². The molecular weight excluding hydrogens is 947 g/mol. The van der Waals surface area contributed by atoms with Crippen molar-refractivity contribution in [3.8, 4) is 0 Å². The molecule has 0 spiro atoms. The van der Waals surface area contributed by atoms with Gasteiger partial charge in [-0.15, -0.1) is 0 Å². The van der Waals surface area contributed by atoms with E-state index in [4.69, 9.17) is 4.74 Å². The number of hydrogen-bond donors (Lipinski definition) is 3. The molecule has 6 nitrogen and oxygen atoms in total. The molecule has 0 saturated carbocycles. The van der Waals surface area contributed by atoms with Crippen LogP contribution in [0.4, 0.5) is 0 Å². The van der Waals surface area contributed by atoms with Crippen LogP contribution in [0.25, 0.3) is 0 Å². The summed E-state index contributed by atoms with van der Waals surface area (Å²) in [6, 6.07) is -0.536. The molecule has 0 fully saturated rings. The van der Waals surface area contributed by atoms with Crippen LogP contribution in [0.3, 0.4) is 0 Å². The Bertz CT molecular complexity index is 1160. The number of carbonyl (C=O) groups excluding carboxylic acids is 2. The highest BCUT2D eigenvalue weighted by atomic mass is 16.5. The van der Waals surface area contributed by atoms with Crippen molar-refractivity contribution >= 4 is 11.9 Å². The molecule has 0 aliphatic carbocycles. The maximum Gasteiger partial charge on any atom is 0.305 e. The van der Waals surface area contributed by atoms with Gasteiger partial charge in [0.05, 0.1) is 25.4 Å². The second-order valence-corrected chi connectivity index (χ2v) is 24.6. The molecule has 77 heavy (non-hydrogen) atoms. The quantitative estimate of drug-likeness (QED) is 0.0320. The average molecular weight is 1090 g/mol. The first kappa shape index (κ1) is 75.6. The monoisotopic (exact) mass is 1090 g/mol. The van der Waals surface area contributed by atoms with Crippen LogP contribution in [-0.4, -0.2) is 47.4 Å². The molecule has 0 bridgehead atoms. The topological polar surface area (TPSA) is 95.9 Å². The number of ether oxygens (including phenoxy) is 1. The Morgan fingerprint density at radius 3 is 0.922 bits per heavy atom. The van der Waals surface area contributed by atoms with Gasteiger partial charge in [0.1, 0.15) is 0 Å². The predicted molar refractivity (Wildman–Crippen MR) is 338 cm³/mol. The fourth-order valence-electron chi connectivity index (χ4n) is 11.4. The summed E-state index contributed by atoms with van der Waals surface area (Å²) in [6.45, 7) is 4.97. The molecule has 0 heterocycles. The fourth-order valence-corrected chi connectivity index (χ4v) is 11.4. The van der Waals surface area contributed by atoms with Crippen LogP contribution in [-0.2, 0) is 14.3 Å². The van der Waals surface area contributed by atoms with Gasteiger partial charge in [-0.05, 0) is 51.4 Å². The number of hydrogen-bond acceptors (Lipinski definition) is 5. The molecule has 0 radical (unpaired) electrons. The van der Waals surface area contributed by atoms with E-state index in [0.29, 0.717) is 25.9 Å². The fraction of sp³-hybridized carbons (Fsp3) is 0.944. The number of allylic oxidation sites excluding steroid dienone is 2. The number of aliphatic hydroxyl groups is 2. The Kier molecular flexibility index (Phi) is 65.9. The summed E-state index contributed by atoms with van der Waals surface area (Å²) in [4.78, 5) is 24.5. The third-order valence-electron chi connectivity index (χ3n) is 16.8. The number of esters is 1. The first-order chi connectivity index (χ1) is 38.0. The average Bonchev–Trinajstić information content (AvgIpc) is 3.43. The number of nitrogens with one attached hydrogen (secondary N) is 1. The minimum absolute atomic E-state index is 0.0139. The lowest BCUT2D eigenvalue weighted by atomic mass is 10.0. The van der Waals surface area contributed by atoms with Crippen LogP contribution in [0.5, 0.6) is 0 Å². The molecule has 0 aromatic carbocycles. The van der Waals surface area contributed by atoms with Crippen molar-refractivity contribution < 1.29 is 24.5 Å². The first-order valence-electron chi connectivity index (χ1n) is 35.4. The van der Waals surface area contributed by atoms with Crippen molar-refractivity contribution in [2.75, 3.05) is 13.2 Å². The smallest absolute Gasteiger partial charge is 0.305 e. The molecule has 2 atom stereocenters. The molecule has 0 rings (SSSR count). The molecule has 3 N–H and O–H groups in total. The molecule has 0 aliphatic rings. The third kappa shape index (κ3) is 63.6. The summed E-state index contributed by atoms with van der Waals surface area (Å²) in [7, 11) is 0. The van der Waals surface area contributed by atoms with Gasteiger partial charge in [0, 0.05) is 12.8 Å². The van der Waals surface area contributed by atoms with Crippen LogP contribution in [0.15, 0.2) is 12.2 Å². The second kappa shape index (κ2) is 67.1. The highest BCUT2D eigenvalue weighted by molar-refractivity contribution is 5.76. The first-order valence-corrected chi connectivity index (χ1v) is 35.4. The normalized spacial score (nSPS) is 12.5. The van der Waals surface area contributed by atoms with E-state index in [0.717, 1.165) is 44.9 Å². The van der Waals surface area contributed by atoms with E-state index in [1.54, 1.807) is 0 Å². The summed E-state index contributed by atoms with van der Waals surface area (Å²) in [5, 5.41) is 23.3. The van der Waals surface area contributed by atoms with E-state index in [1.807, 2.05) is 0 Å². The molecule has 2 unspecified atom stereocenters. The standard InChI is InChI=1S/C71H139NO5/c1-3-5-7-9-11-13-15-17-41-45-49-53-57-61-65-71(76)77-66-62-58-54-50-46-42-38-36-34-32-30-28-26-24-22-20-18-19-21-23-25-27-29-31-33-35-37-40-44-48-52-56-60-64-70(75)72-68(67-73)69(74)63-59-55-51-47-43-39-16-14-12-10-8-6-4-2/h15,17,68-69,73-74H,3-14,16,18-67H2,1-2H3,(H,72,75)/b17-15-. The van der Waals surface area contributed by atoms with Crippen molar-refractivity contribution in [2.45, 2.75) is 418 Å². The van der Waals surface area contributed by atoms with Gasteiger partial charge in [-0.1, -0.05) is 353 Å². The van der Waals surface area contributed by atoms with Crippen LogP contribution in [0, 0.1) is 0 Å². The van der Waals surface area contributed by atoms with Gasteiger partial charge in [-0.2, -0.15) is 0 Å². The zero-order valence-corrected chi connectivity index (χ0v) is 52.5. The molecular formula is C71H139NO5. The van der Waals surface area contributed by atoms with Gasteiger partial charge in [0.25, 0.3) is 0 Å². The highest BCUT2D eigenvalue weighted by Crippen LogP contribution is 2.19. The number of rotatable bonds is 67. The Balaban J connectivity index is 3.30. The Hall–Kier alpha value is -1.40. The molecule has 0 saturated heterocycles. The van der Waals surface area contributed by atoms with Gasteiger partial charge >= 0.3 is 5.97 Å².